The molecule has 0 radical (unpaired) electrons. The average Bonchev–Trinajstić information content (AvgIpc) is 3.05. The molecule has 0 saturated carbocycles. The minimum Gasteiger partial charge on any atom is -0.462 e. The monoisotopic (exact) mass is 692 g/mol. The van der Waals surface area contributed by atoms with Crippen molar-refractivity contribution in [2.45, 2.75) is 180 Å². The number of phosphoric acid groups is 1. The summed E-state index contributed by atoms with van der Waals surface area (Å²) in [4.78, 5) is 34.7. The number of hydrogen-bond acceptors (Lipinski definition) is 9. The predicted octanol–water partition coefficient (Wildman–Crippen LogP) is 8.89. The number of esters is 2. The zero-order chi connectivity index (χ0) is 34.9. The SMILES string of the molecule is CCCC/C=C/CCCCCCCCCCCC(=O)O[C@H](COC(=O)CCCCCCCCCCC)COP(=O)(O)OC[C@@H](O)CO. The lowest BCUT2D eigenvalue weighted by atomic mass is 10.1. The highest BCUT2D eigenvalue weighted by molar-refractivity contribution is 7.47. The summed E-state index contributed by atoms with van der Waals surface area (Å²) in [7, 11) is -4.60. The van der Waals surface area contributed by atoms with Gasteiger partial charge in [0.2, 0.25) is 0 Å². The smallest absolute Gasteiger partial charge is 0.462 e. The van der Waals surface area contributed by atoms with Crippen LogP contribution >= 0.6 is 7.82 Å². The molecule has 0 aromatic carbocycles. The molecule has 1 unspecified atom stereocenters. The standard InChI is InChI=1S/C36H69O10P/c1-3-5-7-9-11-13-14-15-16-17-18-20-22-24-26-28-36(40)46-34(32-45-47(41,42)44-30-33(38)29-37)31-43-35(39)27-25-23-21-19-12-10-8-6-4-2/h9,11,33-34,37-38H,3-8,10,12-32H2,1-2H3,(H,41,42)/b11-9+/t33-,34+/m0/s1. The van der Waals surface area contributed by atoms with Crippen LogP contribution in [0.25, 0.3) is 0 Å². The molecular weight excluding hydrogens is 623 g/mol. The van der Waals surface area contributed by atoms with Crippen LogP contribution < -0.4 is 0 Å². The number of aliphatic hydroxyl groups excluding tert-OH is 2. The maximum Gasteiger partial charge on any atom is 0.472 e. The Morgan fingerprint density at radius 2 is 1.06 bits per heavy atom. The summed E-state index contributed by atoms with van der Waals surface area (Å²) in [5, 5.41) is 18.2. The fraction of sp³-hybridized carbons (Fsp3) is 0.889. The van der Waals surface area contributed by atoms with Crippen molar-refractivity contribution in [1.82, 2.24) is 0 Å². The molecule has 0 aliphatic rings. The van der Waals surface area contributed by atoms with Crippen molar-refractivity contribution in [2.24, 2.45) is 0 Å². The first-order valence-corrected chi connectivity index (χ1v) is 20.1. The van der Waals surface area contributed by atoms with Crippen LogP contribution in [-0.4, -0.2) is 65.7 Å². The molecule has 0 spiro atoms. The Balaban J connectivity index is 4.34. The fourth-order valence-corrected chi connectivity index (χ4v) is 5.76. The summed E-state index contributed by atoms with van der Waals surface area (Å²) in [6, 6.07) is 0. The maximum absolute atomic E-state index is 12.5. The summed E-state index contributed by atoms with van der Waals surface area (Å²) in [6.45, 7) is 2.32. The van der Waals surface area contributed by atoms with E-state index in [0.29, 0.717) is 12.8 Å². The second kappa shape index (κ2) is 33.2. The van der Waals surface area contributed by atoms with E-state index in [1.807, 2.05) is 0 Å². The number of aliphatic hydroxyl groups is 2. The van der Waals surface area contributed by atoms with Crippen molar-refractivity contribution in [2.75, 3.05) is 26.4 Å². The Hall–Kier alpha value is -1.29. The fourth-order valence-electron chi connectivity index (χ4n) is 4.97. The van der Waals surface area contributed by atoms with Gasteiger partial charge < -0.3 is 24.6 Å². The van der Waals surface area contributed by atoms with E-state index in [1.54, 1.807) is 0 Å². The third-order valence-corrected chi connectivity index (χ3v) is 8.87. The number of allylic oxidation sites excluding steroid dienone is 2. The quantitative estimate of drug-likeness (QED) is 0.0254. The van der Waals surface area contributed by atoms with Crippen molar-refractivity contribution in [3.8, 4) is 0 Å². The van der Waals surface area contributed by atoms with Gasteiger partial charge in [0.15, 0.2) is 6.10 Å². The number of ether oxygens (including phenoxy) is 2. The van der Waals surface area contributed by atoms with Crippen molar-refractivity contribution in [3.63, 3.8) is 0 Å². The van der Waals surface area contributed by atoms with Crippen LogP contribution in [0, 0.1) is 0 Å². The van der Waals surface area contributed by atoms with E-state index < -0.39 is 51.8 Å². The van der Waals surface area contributed by atoms with Crippen LogP contribution in [-0.2, 0) is 32.7 Å². The molecule has 11 heteroatoms. The molecule has 0 rings (SSSR count). The van der Waals surface area contributed by atoms with Crippen molar-refractivity contribution in [1.29, 1.82) is 0 Å². The minimum atomic E-state index is -4.60. The second-order valence-electron chi connectivity index (χ2n) is 12.6. The third kappa shape index (κ3) is 33.0. The lowest BCUT2D eigenvalue weighted by molar-refractivity contribution is -0.161. The number of hydrogen-bond donors (Lipinski definition) is 3. The van der Waals surface area contributed by atoms with E-state index >= 15 is 0 Å². The first kappa shape index (κ1) is 45.7. The zero-order valence-corrected chi connectivity index (χ0v) is 30.6. The molecule has 10 nitrogen and oxygen atoms in total. The lowest BCUT2D eigenvalue weighted by Gasteiger charge is -2.20. The summed E-state index contributed by atoms with van der Waals surface area (Å²) in [5.41, 5.74) is 0. The number of carbonyl (C=O) groups excluding carboxylic acids is 2. The van der Waals surface area contributed by atoms with Gasteiger partial charge in [0.25, 0.3) is 0 Å². The molecule has 278 valence electrons. The molecule has 0 aromatic rings. The maximum atomic E-state index is 12.5. The van der Waals surface area contributed by atoms with Gasteiger partial charge in [-0.3, -0.25) is 18.6 Å². The molecule has 0 aliphatic heterocycles. The summed E-state index contributed by atoms with van der Waals surface area (Å²) in [6.07, 6.45) is 27.6. The normalized spacial score (nSPS) is 14.2. The molecule has 0 saturated heterocycles. The van der Waals surface area contributed by atoms with Crippen molar-refractivity contribution < 1.29 is 47.8 Å². The van der Waals surface area contributed by atoms with Crippen LogP contribution in [0.3, 0.4) is 0 Å². The topological polar surface area (TPSA) is 149 Å². The van der Waals surface area contributed by atoms with Gasteiger partial charge in [-0.1, -0.05) is 135 Å². The molecule has 0 heterocycles. The third-order valence-electron chi connectivity index (χ3n) is 7.92. The summed E-state index contributed by atoms with van der Waals surface area (Å²) in [5.74, 6) is -0.926. The summed E-state index contributed by atoms with van der Waals surface area (Å²) >= 11 is 0. The Morgan fingerprint density at radius 3 is 1.60 bits per heavy atom. The second-order valence-corrected chi connectivity index (χ2v) is 14.1. The first-order valence-electron chi connectivity index (χ1n) is 18.6. The van der Waals surface area contributed by atoms with Gasteiger partial charge in [0.1, 0.15) is 12.7 Å². The first-order chi connectivity index (χ1) is 22.7. The van der Waals surface area contributed by atoms with Gasteiger partial charge in [0.05, 0.1) is 19.8 Å². The van der Waals surface area contributed by atoms with E-state index in [0.717, 1.165) is 38.5 Å². The summed E-state index contributed by atoms with van der Waals surface area (Å²) < 4.78 is 32.5. The number of rotatable bonds is 35. The molecule has 47 heavy (non-hydrogen) atoms. The number of unbranched alkanes of at least 4 members (excludes halogenated alkanes) is 19. The Kier molecular flexibility index (Phi) is 32.3. The predicted molar refractivity (Wildman–Crippen MR) is 187 cm³/mol. The van der Waals surface area contributed by atoms with Crippen molar-refractivity contribution in [3.05, 3.63) is 12.2 Å². The van der Waals surface area contributed by atoms with E-state index in [-0.39, 0.29) is 19.4 Å². The van der Waals surface area contributed by atoms with Crippen LogP contribution in [0.15, 0.2) is 12.2 Å². The average molecular weight is 693 g/mol. The zero-order valence-electron chi connectivity index (χ0n) is 29.8. The molecule has 0 amide bonds. The highest BCUT2D eigenvalue weighted by Gasteiger charge is 2.27. The van der Waals surface area contributed by atoms with Gasteiger partial charge in [-0.15, -0.1) is 0 Å². The molecule has 0 aliphatic carbocycles. The molecule has 0 bridgehead atoms. The number of phosphoric ester groups is 1. The Morgan fingerprint density at radius 1 is 0.617 bits per heavy atom. The van der Waals surface area contributed by atoms with Crippen LogP contribution in [0.1, 0.15) is 168 Å². The van der Waals surface area contributed by atoms with Gasteiger partial charge in [-0.2, -0.15) is 0 Å². The van der Waals surface area contributed by atoms with Crippen LogP contribution in [0.5, 0.6) is 0 Å². The largest absolute Gasteiger partial charge is 0.472 e. The highest BCUT2D eigenvalue weighted by Crippen LogP contribution is 2.43. The van der Waals surface area contributed by atoms with Gasteiger partial charge in [-0.25, -0.2) is 4.57 Å². The molecule has 3 N–H and O–H groups in total. The number of carbonyl (C=O) groups is 2. The van der Waals surface area contributed by atoms with E-state index in [9.17, 15) is 24.2 Å². The molecule has 0 aromatic heterocycles. The molecular formula is C36H69O10P. The van der Waals surface area contributed by atoms with Crippen molar-refractivity contribution >= 4 is 19.8 Å². The minimum absolute atomic E-state index is 0.185. The van der Waals surface area contributed by atoms with Crippen LogP contribution in [0.4, 0.5) is 0 Å². The highest BCUT2D eigenvalue weighted by atomic mass is 31.2. The van der Waals surface area contributed by atoms with E-state index in [2.05, 4.69) is 30.5 Å². The van der Waals surface area contributed by atoms with E-state index in [1.165, 1.54) is 89.9 Å². The molecule has 3 atom stereocenters. The lowest BCUT2D eigenvalue weighted by Crippen LogP contribution is -2.29. The van der Waals surface area contributed by atoms with E-state index in [4.69, 9.17) is 19.1 Å². The Labute approximate surface area is 286 Å². The van der Waals surface area contributed by atoms with Gasteiger partial charge >= 0.3 is 19.8 Å². The van der Waals surface area contributed by atoms with Gasteiger partial charge in [-0.05, 0) is 32.1 Å². The molecule has 0 fully saturated rings. The van der Waals surface area contributed by atoms with Crippen LogP contribution in [0.2, 0.25) is 0 Å². The van der Waals surface area contributed by atoms with Gasteiger partial charge in [0, 0.05) is 12.8 Å². The Bertz CT molecular complexity index is 807.